The third-order valence-electron chi connectivity index (χ3n) is 3.53. The summed E-state index contributed by atoms with van der Waals surface area (Å²) in [4.78, 5) is 38.3. The van der Waals surface area contributed by atoms with E-state index in [1.807, 2.05) is 12.1 Å². The second-order valence-corrected chi connectivity index (χ2v) is 5.21. The zero-order valence-electron chi connectivity index (χ0n) is 13.7. The molecule has 0 atom stereocenters. The highest BCUT2D eigenvalue weighted by Crippen LogP contribution is 2.13. The maximum Gasteiger partial charge on any atom is 0.330 e. The number of amides is 1. The number of anilines is 2. The molecule has 0 saturated carbocycles. The molecule has 0 aliphatic rings. The van der Waals surface area contributed by atoms with Crippen LogP contribution in [0.15, 0.2) is 33.9 Å². The minimum atomic E-state index is -0.739. The van der Waals surface area contributed by atoms with Crippen LogP contribution in [0.5, 0.6) is 5.75 Å². The zero-order chi connectivity index (χ0) is 18.4. The van der Waals surface area contributed by atoms with Crippen LogP contribution >= 0.6 is 0 Å². The summed E-state index contributed by atoms with van der Waals surface area (Å²) in [5, 5.41) is 2.44. The zero-order valence-corrected chi connectivity index (χ0v) is 13.7. The first kappa shape index (κ1) is 17.9. The Morgan fingerprint density at radius 3 is 2.64 bits per heavy atom. The lowest BCUT2D eigenvalue weighted by Gasteiger charge is -2.09. The van der Waals surface area contributed by atoms with E-state index in [2.05, 4.69) is 16.2 Å². The van der Waals surface area contributed by atoms with Crippen LogP contribution in [0.3, 0.4) is 0 Å². The molecule has 0 spiro atoms. The van der Waals surface area contributed by atoms with Crippen molar-refractivity contribution >= 4 is 17.4 Å². The van der Waals surface area contributed by atoms with Crippen molar-refractivity contribution in [1.82, 2.24) is 9.55 Å². The highest BCUT2D eigenvalue weighted by molar-refractivity contribution is 5.92. The second kappa shape index (κ2) is 7.88. The van der Waals surface area contributed by atoms with Gasteiger partial charge in [0.25, 0.3) is 5.56 Å². The monoisotopic (exact) mass is 342 g/mol. The number of aromatic amines is 1. The topological polar surface area (TPSA) is 119 Å². The number of benzene rings is 1. The van der Waals surface area contributed by atoms with Gasteiger partial charge in [-0.2, -0.15) is 0 Å². The molecule has 0 unspecified atom stereocenters. The van der Waals surface area contributed by atoms with Crippen molar-refractivity contribution in [2.24, 2.45) is 0 Å². The molecule has 1 aromatic carbocycles. The summed E-state index contributed by atoms with van der Waals surface area (Å²) in [6.07, 6.45) is 5.74. The number of terminal acetylenes is 1. The first-order valence-electron chi connectivity index (χ1n) is 7.45. The fourth-order valence-electron chi connectivity index (χ4n) is 2.20. The number of hydrogen-bond acceptors (Lipinski definition) is 5. The fraction of sp³-hybridized carbons (Fsp3) is 0.235. The van der Waals surface area contributed by atoms with Crippen LogP contribution in [0.25, 0.3) is 0 Å². The van der Waals surface area contributed by atoms with Gasteiger partial charge in [-0.25, -0.2) is 9.36 Å². The number of nitrogens with one attached hydrogen (secondary N) is 2. The van der Waals surface area contributed by atoms with Crippen molar-refractivity contribution in [3.63, 3.8) is 0 Å². The molecule has 0 bridgehead atoms. The van der Waals surface area contributed by atoms with E-state index in [0.29, 0.717) is 6.42 Å². The molecule has 1 heterocycles. The standard InChI is InChI=1S/C17H18N4O4/c1-3-10-21-16(23)14(15(18)20-17(21)24)19-13(22)9-6-11-4-7-12(25-2)8-5-11/h1,4-5,7-8H,6,9-10,18H2,2H3,(H,19,22)(H,20,24). The van der Waals surface area contributed by atoms with E-state index in [1.165, 1.54) is 0 Å². The van der Waals surface area contributed by atoms with E-state index in [4.69, 9.17) is 16.9 Å². The van der Waals surface area contributed by atoms with E-state index in [9.17, 15) is 14.4 Å². The quantitative estimate of drug-likeness (QED) is 0.654. The minimum Gasteiger partial charge on any atom is -0.497 e. The summed E-state index contributed by atoms with van der Waals surface area (Å²) in [5.74, 6) is 2.31. The molecular weight excluding hydrogens is 324 g/mol. The van der Waals surface area contributed by atoms with Gasteiger partial charge in [0.1, 0.15) is 17.3 Å². The Balaban J connectivity index is 2.10. The van der Waals surface area contributed by atoms with E-state index in [0.717, 1.165) is 15.9 Å². The predicted molar refractivity (Wildman–Crippen MR) is 94.5 cm³/mol. The molecule has 25 heavy (non-hydrogen) atoms. The van der Waals surface area contributed by atoms with Crippen LogP contribution in [0.1, 0.15) is 12.0 Å². The number of carbonyl (C=O) groups excluding carboxylic acids is 1. The number of H-pyrrole nitrogens is 1. The third-order valence-corrected chi connectivity index (χ3v) is 3.53. The number of nitrogens with zero attached hydrogens (tertiary/aromatic N) is 1. The van der Waals surface area contributed by atoms with E-state index in [1.54, 1.807) is 19.2 Å². The van der Waals surface area contributed by atoms with Gasteiger partial charge in [0.15, 0.2) is 0 Å². The smallest absolute Gasteiger partial charge is 0.330 e. The van der Waals surface area contributed by atoms with E-state index in [-0.39, 0.29) is 24.5 Å². The Hall–Kier alpha value is -3.47. The number of rotatable bonds is 6. The Morgan fingerprint density at radius 1 is 1.36 bits per heavy atom. The van der Waals surface area contributed by atoms with Gasteiger partial charge in [-0.1, -0.05) is 18.1 Å². The molecule has 8 nitrogen and oxygen atoms in total. The number of nitrogen functional groups attached to an aromatic ring is 1. The van der Waals surface area contributed by atoms with Crippen molar-refractivity contribution < 1.29 is 9.53 Å². The molecule has 4 N–H and O–H groups in total. The average Bonchev–Trinajstić information content (AvgIpc) is 2.61. The van der Waals surface area contributed by atoms with Crippen molar-refractivity contribution in [2.75, 3.05) is 18.2 Å². The normalized spacial score (nSPS) is 10.1. The minimum absolute atomic E-state index is 0.138. The van der Waals surface area contributed by atoms with Gasteiger partial charge >= 0.3 is 5.69 Å². The summed E-state index contributed by atoms with van der Waals surface area (Å²) >= 11 is 0. The number of carbonyl (C=O) groups is 1. The molecule has 2 rings (SSSR count). The molecule has 8 heteroatoms. The molecule has 0 saturated heterocycles. The summed E-state index contributed by atoms with van der Waals surface area (Å²) < 4.78 is 5.85. The fourth-order valence-corrected chi connectivity index (χ4v) is 2.20. The third kappa shape index (κ3) is 4.29. The van der Waals surface area contributed by atoms with Crippen LogP contribution < -0.4 is 27.0 Å². The molecule has 0 aliphatic heterocycles. The number of aryl methyl sites for hydroxylation is 1. The number of methoxy groups -OCH3 is 1. The second-order valence-electron chi connectivity index (χ2n) is 5.21. The van der Waals surface area contributed by atoms with Crippen LogP contribution in [-0.4, -0.2) is 22.6 Å². The summed E-state index contributed by atoms with van der Waals surface area (Å²) in [7, 11) is 1.57. The van der Waals surface area contributed by atoms with Crippen LogP contribution in [0.4, 0.5) is 11.5 Å². The maximum absolute atomic E-state index is 12.2. The van der Waals surface area contributed by atoms with E-state index < -0.39 is 17.2 Å². The van der Waals surface area contributed by atoms with Crippen molar-refractivity contribution in [2.45, 2.75) is 19.4 Å². The molecule has 1 aromatic heterocycles. The molecule has 0 aliphatic carbocycles. The summed E-state index contributed by atoms with van der Waals surface area (Å²) in [6.45, 7) is -0.219. The van der Waals surface area contributed by atoms with Crippen molar-refractivity contribution in [1.29, 1.82) is 0 Å². The maximum atomic E-state index is 12.2. The predicted octanol–water partition coefficient (Wildman–Crippen LogP) is 0.332. The van der Waals surface area contributed by atoms with Gasteiger partial charge in [0, 0.05) is 6.42 Å². The molecule has 2 aromatic rings. The summed E-state index contributed by atoms with van der Waals surface area (Å²) in [5.41, 5.74) is 4.92. The number of aromatic nitrogens is 2. The van der Waals surface area contributed by atoms with Crippen LogP contribution in [-0.2, 0) is 17.8 Å². The number of nitrogens with two attached hydrogens (primary N) is 1. The molecular formula is C17H18N4O4. The Morgan fingerprint density at radius 2 is 2.04 bits per heavy atom. The Bertz CT molecular complexity index is 920. The van der Waals surface area contributed by atoms with Gasteiger partial charge < -0.3 is 15.8 Å². The van der Waals surface area contributed by atoms with Crippen molar-refractivity contribution in [3.8, 4) is 18.1 Å². The van der Waals surface area contributed by atoms with Crippen LogP contribution in [0, 0.1) is 12.3 Å². The summed E-state index contributed by atoms with van der Waals surface area (Å²) in [6, 6.07) is 7.29. The average molecular weight is 342 g/mol. The van der Waals surface area contributed by atoms with Crippen LogP contribution in [0.2, 0.25) is 0 Å². The SMILES string of the molecule is C#CCn1c(=O)[nH]c(N)c(NC(=O)CCc2ccc(OC)cc2)c1=O. The lowest BCUT2D eigenvalue weighted by Crippen LogP contribution is -2.38. The molecule has 0 fully saturated rings. The van der Waals surface area contributed by atoms with Gasteiger partial charge in [0.2, 0.25) is 5.91 Å². The Labute approximate surface area is 143 Å². The largest absolute Gasteiger partial charge is 0.497 e. The number of hydrogen-bond donors (Lipinski definition) is 3. The Kier molecular flexibility index (Phi) is 5.63. The lowest BCUT2D eigenvalue weighted by molar-refractivity contribution is -0.116. The molecule has 0 radical (unpaired) electrons. The van der Waals surface area contributed by atoms with Gasteiger partial charge in [-0.15, -0.1) is 6.42 Å². The molecule has 130 valence electrons. The first-order valence-corrected chi connectivity index (χ1v) is 7.45. The van der Waals surface area contributed by atoms with Gasteiger partial charge in [0.05, 0.1) is 13.7 Å². The van der Waals surface area contributed by atoms with Gasteiger partial charge in [-0.3, -0.25) is 14.6 Å². The highest BCUT2D eigenvalue weighted by Gasteiger charge is 2.14. The number of ether oxygens (including phenoxy) is 1. The van der Waals surface area contributed by atoms with Crippen molar-refractivity contribution in [3.05, 3.63) is 50.7 Å². The highest BCUT2D eigenvalue weighted by atomic mass is 16.5. The lowest BCUT2D eigenvalue weighted by atomic mass is 10.1. The molecule has 1 amide bonds. The van der Waals surface area contributed by atoms with E-state index >= 15 is 0 Å². The van der Waals surface area contributed by atoms with Gasteiger partial charge in [-0.05, 0) is 24.1 Å². The first-order chi connectivity index (χ1) is 12.0.